The molecule has 31 heavy (non-hydrogen) atoms. The van der Waals surface area contributed by atoms with Crippen LogP contribution in [-0.2, 0) is 4.74 Å². The first-order chi connectivity index (χ1) is 15.0. The summed E-state index contributed by atoms with van der Waals surface area (Å²) in [6, 6.07) is 8.05. The van der Waals surface area contributed by atoms with Gasteiger partial charge < -0.3 is 29.2 Å². The van der Waals surface area contributed by atoms with Gasteiger partial charge in [0, 0.05) is 78.2 Å². The summed E-state index contributed by atoms with van der Waals surface area (Å²) in [6.45, 7) is 7.72. The maximum atomic E-state index is 12.7. The van der Waals surface area contributed by atoms with Crippen LogP contribution in [0.15, 0.2) is 30.5 Å². The minimum atomic E-state index is -0.0591. The van der Waals surface area contributed by atoms with E-state index in [2.05, 4.69) is 31.7 Å². The van der Waals surface area contributed by atoms with Crippen molar-refractivity contribution in [1.29, 1.82) is 0 Å². The van der Waals surface area contributed by atoms with Gasteiger partial charge in [-0.2, -0.15) is 0 Å². The second-order valence-electron chi connectivity index (χ2n) is 8.27. The summed E-state index contributed by atoms with van der Waals surface area (Å²) in [4.78, 5) is 32.9. The molecule has 2 aliphatic heterocycles. The van der Waals surface area contributed by atoms with E-state index in [1.165, 1.54) is 0 Å². The summed E-state index contributed by atoms with van der Waals surface area (Å²) in [5.74, 6) is 0.992. The summed E-state index contributed by atoms with van der Waals surface area (Å²) in [5.41, 5.74) is 1.69. The Labute approximate surface area is 183 Å². The molecule has 0 bridgehead atoms. The van der Waals surface area contributed by atoms with E-state index in [0.29, 0.717) is 25.2 Å². The van der Waals surface area contributed by atoms with Gasteiger partial charge >= 0.3 is 6.03 Å². The lowest BCUT2D eigenvalue weighted by atomic mass is 10.2. The minimum absolute atomic E-state index is 0.0516. The Balaban J connectivity index is 1.38. The summed E-state index contributed by atoms with van der Waals surface area (Å²) >= 11 is 0. The highest BCUT2D eigenvalue weighted by atomic mass is 16.5. The third-order valence-corrected chi connectivity index (χ3v) is 5.97. The summed E-state index contributed by atoms with van der Waals surface area (Å²) in [5, 5.41) is 3.03. The van der Waals surface area contributed by atoms with E-state index in [-0.39, 0.29) is 11.9 Å². The van der Waals surface area contributed by atoms with Crippen LogP contribution in [0.25, 0.3) is 5.52 Å². The number of nitrogens with zero attached hydrogens (tertiary/aromatic N) is 5. The zero-order valence-corrected chi connectivity index (χ0v) is 18.4. The van der Waals surface area contributed by atoms with E-state index in [0.717, 1.165) is 57.3 Å². The SMILES string of the molecule is CN(C)C(=O)N1CCN(c2ccc3ccc(C(=O)NCCN4CCOCC4)cn23)CC1. The highest BCUT2D eigenvalue weighted by Gasteiger charge is 2.23. The monoisotopic (exact) mass is 428 g/mol. The number of rotatable bonds is 5. The van der Waals surface area contributed by atoms with Crippen LogP contribution in [0.1, 0.15) is 10.4 Å². The number of hydrogen-bond donors (Lipinski definition) is 1. The van der Waals surface area contributed by atoms with E-state index in [4.69, 9.17) is 4.74 Å². The fraction of sp³-hybridized carbons (Fsp3) is 0.545. The molecule has 2 fully saturated rings. The van der Waals surface area contributed by atoms with Crippen molar-refractivity contribution in [3.05, 3.63) is 36.0 Å². The molecule has 4 rings (SSSR count). The third kappa shape index (κ3) is 4.94. The lowest BCUT2D eigenvalue weighted by Crippen LogP contribution is -2.51. The molecule has 3 amide bonds. The number of carbonyl (C=O) groups excluding carboxylic acids is 2. The Morgan fingerprint density at radius 2 is 1.71 bits per heavy atom. The number of carbonyl (C=O) groups is 2. The molecule has 168 valence electrons. The van der Waals surface area contributed by atoms with E-state index in [1.54, 1.807) is 19.0 Å². The van der Waals surface area contributed by atoms with Crippen LogP contribution < -0.4 is 10.2 Å². The molecule has 2 aliphatic rings. The van der Waals surface area contributed by atoms with Gasteiger partial charge in [-0.05, 0) is 24.3 Å². The minimum Gasteiger partial charge on any atom is -0.379 e. The molecule has 9 heteroatoms. The number of nitrogens with one attached hydrogen (secondary N) is 1. The predicted octanol–water partition coefficient (Wildman–Crippen LogP) is 0.805. The summed E-state index contributed by atoms with van der Waals surface area (Å²) in [6.07, 6.45) is 1.91. The van der Waals surface area contributed by atoms with E-state index < -0.39 is 0 Å². The van der Waals surface area contributed by atoms with Crippen molar-refractivity contribution in [1.82, 2.24) is 24.4 Å². The van der Waals surface area contributed by atoms with E-state index >= 15 is 0 Å². The first-order valence-corrected chi connectivity index (χ1v) is 10.9. The van der Waals surface area contributed by atoms with E-state index in [9.17, 15) is 9.59 Å². The molecule has 9 nitrogen and oxygen atoms in total. The topological polar surface area (TPSA) is 72.8 Å². The third-order valence-electron chi connectivity index (χ3n) is 5.97. The summed E-state index contributed by atoms with van der Waals surface area (Å²) < 4.78 is 7.43. The van der Waals surface area contributed by atoms with Gasteiger partial charge in [0.05, 0.1) is 18.8 Å². The first kappa shape index (κ1) is 21.5. The van der Waals surface area contributed by atoms with Crippen LogP contribution in [0.4, 0.5) is 10.6 Å². The van der Waals surface area contributed by atoms with E-state index in [1.807, 2.05) is 23.2 Å². The largest absolute Gasteiger partial charge is 0.379 e. The van der Waals surface area contributed by atoms with Crippen molar-refractivity contribution in [3.8, 4) is 0 Å². The zero-order valence-electron chi connectivity index (χ0n) is 18.4. The lowest BCUT2D eigenvalue weighted by molar-refractivity contribution is 0.0383. The maximum Gasteiger partial charge on any atom is 0.319 e. The number of anilines is 1. The van der Waals surface area contributed by atoms with Gasteiger partial charge in [-0.3, -0.25) is 9.69 Å². The van der Waals surface area contributed by atoms with Crippen molar-refractivity contribution < 1.29 is 14.3 Å². The van der Waals surface area contributed by atoms with Gasteiger partial charge in [-0.15, -0.1) is 0 Å². The summed E-state index contributed by atoms with van der Waals surface area (Å²) in [7, 11) is 3.56. The number of morpholine rings is 1. The van der Waals surface area contributed by atoms with Crippen molar-refractivity contribution in [3.63, 3.8) is 0 Å². The van der Waals surface area contributed by atoms with Crippen LogP contribution in [0.3, 0.4) is 0 Å². The molecule has 1 N–H and O–H groups in total. The van der Waals surface area contributed by atoms with Crippen molar-refractivity contribution >= 4 is 23.3 Å². The molecule has 2 saturated heterocycles. The molecular weight excluding hydrogens is 396 g/mol. The average molecular weight is 429 g/mol. The molecule has 2 aromatic heterocycles. The van der Waals surface area contributed by atoms with Gasteiger partial charge in [0.1, 0.15) is 5.82 Å². The molecule has 2 aromatic rings. The zero-order chi connectivity index (χ0) is 21.8. The van der Waals surface area contributed by atoms with Crippen LogP contribution in [0.5, 0.6) is 0 Å². The molecule has 0 saturated carbocycles. The number of hydrogen-bond acceptors (Lipinski definition) is 5. The molecule has 0 atom stereocenters. The molecule has 4 heterocycles. The molecular formula is C22H32N6O3. The standard InChI is InChI=1S/C22H32N6O3/c1-24(2)22(30)27-11-9-26(10-12-27)20-6-5-19-4-3-18(17-28(19)20)21(29)23-7-8-25-13-15-31-16-14-25/h3-6,17H,7-16H2,1-2H3,(H,23,29). The number of urea groups is 1. The molecule has 0 spiro atoms. The number of piperazine rings is 1. The van der Waals surface area contributed by atoms with Gasteiger partial charge in [0.25, 0.3) is 5.91 Å². The Morgan fingerprint density at radius 3 is 2.42 bits per heavy atom. The number of pyridine rings is 1. The normalized spacial score (nSPS) is 17.7. The van der Waals surface area contributed by atoms with Crippen LogP contribution >= 0.6 is 0 Å². The maximum absolute atomic E-state index is 12.7. The second-order valence-corrected chi connectivity index (χ2v) is 8.27. The average Bonchev–Trinajstić information content (AvgIpc) is 3.22. The van der Waals surface area contributed by atoms with Crippen LogP contribution in [0, 0.1) is 0 Å². The Kier molecular flexibility index (Phi) is 6.62. The smallest absolute Gasteiger partial charge is 0.319 e. The van der Waals surface area contributed by atoms with Crippen LogP contribution in [-0.4, -0.2) is 111 Å². The fourth-order valence-corrected chi connectivity index (χ4v) is 4.14. The highest BCUT2D eigenvalue weighted by Crippen LogP contribution is 2.22. The number of aromatic nitrogens is 1. The fourth-order valence-electron chi connectivity index (χ4n) is 4.14. The molecule has 0 aromatic carbocycles. The Bertz CT molecular complexity index is 913. The number of fused-ring (bicyclic) bond motifs is 1. The second kappa shape index (κ2) is 9.57. The quantitative estimate of drug-likeness (QED) is 0.763. The highest BCUT2D eigenvalue weighted by molar-refractivity contribution is 5.94. The molecule has 0 aliphatic carbocycles. The van der Waals surface area contributed by atoms with Gasteiger partial charge in [-0.25, -0.2) is 4.79 Å². The van der Waals surface area contributed by atoms with Crippen LogP contribution in [0.2, 0.25) is 0 Å². The Hall–Kier alpha value is -2.78. The lowest BCUT2D eigenvalue weighted by Gasteiger charge is -2.36. The molecule has 0 unspecified atom stereocenters. The van der Waals surface area contributed by atoms with Gasteiger partial charge in [0.2, 0.25) is 0 Å². The first-order valence-electron chi connectivity index (χ1n) is 10.9. The van der Waals surface area contributed by atoms with Gasteiger partial charge in [0.15, 0.2) is 0 Å². The van der Waals surface area contributed by atoms with Crippen molar-refractivity contribution in [2.24, 2.45) is 0 Å². The van der Waals surface area contributed by atoms with Gasteiger partial charge in [-0.1, -0.05) is 0 Å². The van der Waals surface area contributed by atoms with Crippen molar-refractivity contribution in [2.75, 3.05) is 84.6 Å². The Morgan fingerprint density at radius 1 is 1.00 bits per heavy atom. The molecule has 0 radical (unpaired) electrons. The predicted molar refractivity (Wildman–Crippen MR) is 120 cm³/mol. The van der Waals surface area contributed by atoms with Crippen molar-refractivity contribution in [2.45, 2.75) is 0 Å². The number of ether oxygens (including phenoxy) is 1. The number of amides is 3.